The van der Waals surface area contributed by atoms with E-state index in [2.05, 4.69) is 20.9 Å². The van der Waals surface area contributed by atoms with Crippen LogP contribution >= 0.6 is 15.9 Å². The zero-order chi connectivity index (χ0) is 14.3. The molecule has 1 aromatic heterocycles. The van der Waals surface area contributed by atoms with Gasteiger partial charge in [0.05, 0.1) is 0 Å². The molecule has 5 heteroatoms. The van der Waals surface area contributed by atoms with Gasteiger partial charge in [-0.3, -0.25) is 0 Å². The van der Waals surface area contributed by atoms with Gasteiger partial charge in [0.25, 0.3) is 5.88 Å². The van der Waals surface area contributed by atoms with Gasteiger partial charge in [0.1, 0.15) is 5.60 Å². The van der Waals surface area contributed by atoms with Crippen molar-refractivity contribution in [1.82, 2.24) is 4.98 Å². The maximum atomic E-state index is 13.8. The molecular formula is C15H13BrFNO2. The van der Waals surface area contributed by atoms with Crippen LogP contribution in [0.2, 0.25) is 0 Å². The Labute approximate surface area is 124 Å². The summed E-state index contributed by atoms with van der Waals surface area (Å²) in [5.74, 6) is 0.576. The Hall–Kier alpha value is -1.62. The van der Waals surface area contributed by atoms with Gasteiger partial charge in [-0.1, -0.05) is 12.1 Å². The second kappa shape index (κ2) is 4.74. The fourth-order valence-electron chi connectivity index (χ4n) is 2.25. The predicted octanol–water partition coefficient (Wildman–Crippen LogP) is 4.49. The van der Waals surface area contributed by atoms with Crippen molar-refractivity contribution in [2.45, 2.75) is 25.9 Å². The maximum absolute atomic E-state index is 13.8. The van der Waals surface area contributed by atoms with Gasteiger partial charge in [-0.05, 0) is 41.9 Å². The third-order valence-corrected chi connectivity index (χ3v) is 3.47. The van der Waals surface area contributed by atoms with Gasteiger partial charge in [0.15, 0.2) is 17.3 Å². The minimum atomic E-state index is -0.519. The Morgan fingerprint density at radius 1 is 1.40 bits per heavy atom. The molecule has 0 spiro atoms. The molecule has 0 fully saturated rings. The molecular weight excluding hydrogens is 325 g/mol. The van der Waals surface area contributed by atoms with E-state index in [1.165, 1.54) is 12.3 Å². The van der Waals surface area contributed by atoms with Gasteiger partial charge in [0.2, 0.25) is 0 Å². The highest BCUT2D eigenvalue weighted by atomic mass is 79.9. The van der Waals surface area contributed by atoms with Crippen molar-refractivity contribution in [1.29, 1.82) is 0 Å². The number of aromatic nitrogens is 1. The molecule has 3 rings (SSSR count). The molecule has 104 valence electrons. The molecule has 3 nitrogen and oxygen atoms in total. The lowest BCUT2D eigenvalue weighted by Gasteiger charge is -2.18. The van der Waals surface area contributed by atoms with Gasteiger partial charge in [-0.15, -0.1) is 0 Å². The Kier molecular flexibility index (Phi) is 3.17. The first-order valence-corrected chi connectivity index (χ1v) is 7.04. The smallest absolute Gasteiger partial charge is 0.256 e. The summed E-state index contributed by atoms with van der Waals surface area (Å²) in [4.78, 5) is 3.94. The molecule has 0 saturated heterocycles. The van der Waals surface area contributed by atoms with E-state index in [4.69, 9.17) is 9.47 Å². The minimum absolute atomic E-state index is 0.0603. The predicted molar refractivity (Wildman–Crippen MR) is 76.8 cm³/mol. The monoisotopic (exact) mass is 337 g/mol. The first-order chi connectivity index (χ1) is 9.44. The number of fused-ring (bicyclic) bond motifs is 1. The number of halogens is 2. The van der Waals surface area contributed by atoms with Crippen LogP contribution < -0.4 is 9.47 Å². The largest absolute Gasteiger partial charge is 0.483 e. The normalized spacial score (nSPS) is 15.6. The van der Waals surface area contributed by atoms with E-state index in [1.54, 1.807) is 6.07 Å². The lowest BCUT2D eigenvalue weighted by Crippen LogP contribution is -2.24. The number of rotatable bonds is 2. The Morgan fingerprint density at radius 3 is 2.95 bits per heavy atom. The van der Waals surface area contributed by atoms with E-state index in [0.717, 1.165) is 12.0 Å². The van der Waals surface area contributed by atoms with Crippen molar-refractivity contribution in [3.05, 3.63) is 46.3 Å². The van der Waals surface area contributed by atoms with E-state index in [0.29, 0.717) is 16.0 Å². The van der Waals surface area contributed by atoms with Gasteiger partial charge < -0.3 is 9.47 Å². The van der Waals surface area contributed by atoms with Crippen LogP contribution in [0.5, 0.6) is 17.4 Å². The van der Waals surface area contributed by atoms with Gasteiger partial charge in [-0.25, -0.2) is 9.37 Å². The topological polar surface area (TPSA) is 31.4 Å². The number of benzene rings is 1. The summed E-state index contributed by atoms with van der Waals surface area (Å²) in [6.07, 6.45) is 2.29. The first kappa shape index (κ1) is 13.4. The second-order valence-electron chi connectivity index (χ2n) is 5.33. The van der Waals surface area contributed by atoms with Crippen molar-refractivity contribution < 1.29 is 13.9 Å². The third-order valence-electron chi connectivity index (χ3n) is 3.04. The highest BCUT2D eigenvalue weighted by Gasteiger charge is 2.32. The summed E-state index contributed by atoms with van der Waals surface area (Å²) in [7, 11) is 0. The van der Waals surface area contributed by atoms with Crippen molar-refractivity contribution in [3.8, 4) is 17.4 Å². The quantitative estimate of drug-likeness (QED) is 0.809. The van der Waals surface area contributed by atoms with Crippen LogP contribution in [0, 0.1) is 5.82 Å². The highest BCUT2D eigenvalue weighted by molar-refractivity contribution is 9.10. The Balaban J connectivity index is 1.95. The van der Waals surface area contributed by atoms with Crippen LogP contribution in [0.15, 0.2) is 34.9 Å². The van der Waals surface area contributed by atoms with E-state index in [-0.39, 0.29) is 11.5 Å². The zero-order valence-corrected chi connectivity index (χ0v) is 12.7. The minimum Gasteiger partial charge on any atom is -0.483 e. The van der Waals surface area contributed by atoms with E-state index in [1.807, 2.05) is 26.0 Å². The molecule has 1 aliphatic heterocycles. The number of hydrogen-bond donors (Lipinski definition) is 0. The number of ether oxygens (including phenoxy) is 2. The summed E-state index contributed by atoms with van der Waals surface area (Å²) >= 11 is 3.16. The lowest BCUT2D eigenvalue weighted by molar-refractivity contribution is 0.134. The van der Waals surface area contributed by atoms with Crippen LogP contribution in [0.1, 0.15) is 19.4 Å². The molecule has 0 bridgehead atoms. The fraction of sp³-hybridized carbons (Fsp3) is 0.267. The van der Waals surface area contributed by atoms with Crippen LogP contribution in [0.3, 0.4) is 0 Å². The lowest BCUT2D eigenvalue weighted by atomic mass is 10.0. The summed E-state index contributed by atoms with van der Waals surface area (Å²) in [6.45, 7) is 4.02. The molecule has 0 radical (unpaired) electrons. The summed E-state index contributed by atoms with van der Waals surface area (Å²) < 4.78 is 25.8. The molecule has 0 amide bonds. The van der Waals surface area contributed by atoms with Crippen molar-refractivity contribution >= 4 is 15.9 Å². The van der Waals surface area contributed by atoms with Gasteiger partial charge in [-0.2, -0.15) is 0 Å². The Morgan fingerprint density at radius 2 is 2.20 bits per heavy atom. The zero-order valence-electron chi connectivity index (χ0n) is 11.1. The number of hydrogen-bond acceptors (Lipinski definition) is 3. The molecule has 0 atom stereocenters. The van der Waals surface area contributed by atoms with Crippen molar-refractivity contribution in [2.24, 2.45) is 0 Å². The highest BCUT2D eigenvalue weighted by Crippen LogP contribution is 2.43. The molecule has 1 aliphatic rings. The standard InChI is InChI=1S/C15H13BrFNO2/c1-15(2)7-9-4-3-5-12(13(9)20-15)19-14-11(17)6-10(16)8-18-14/h3-6,8H,7H2,1-2H3. The molecule has 0 aliphatic carbocycles. The molecule has 20 heavy (non-hydrogen) atoms. The van der Waals surface area contributed by atoms with Crippen LogP contribution in [0.4, 0.5) is 4.39 Å². The van der Waals surface area contributed by atoms with Crippen LogP contribution in [-0.4, -0.2) is 10.6 Å². The summed E-state index contributed by atoms with van der Waals surface area (Å²) in [6, 6.07) is 6.93. The Bertz CT molecular complexity index is 673. The number of nitrogens with zero attached hydrogens (tertiary/aromatic N) is 1. The maximum Gasteiger partial charge on any atom is 0.256 e. The van der Waals surface area contributed by atoms with Crippen molar-refractivity contribution in [3.63, 3.8) is 0 Å². The number of pyridine rings is 1. The SMILES string of the molecule is CC1(C)Cc2cccc(Oc3ncc(Br)cc3F)c2O1. The molecule has 0 unspecified atom stereocenters. The average molecular weight is 338 g/mol. The molecule has 2 aromatic rings. The van der Waals surface area contributed by atoms with Crippen LogP contribution in [-0.2, 0) is 6.42 Å². The average Bonchev–Trinajstić information content (AvgIpc) is 2.67. The molecule has 0 N–H and O–H groups in total. The first-order valence-electron chi connectivity index (χ1n) is 6.24. The summed E-state index contributed by atoms with van der Waals surface area (Å²) in [5.41, 5.74) is 0.790. The van der Waals surface area contributed by atoms with E-state index >= 15 is 0 Å². The van der Waals surface area contributed by atoms with E-state index in [9.17, 15) is 4.39 Å². The van der Waals surface area contributed by atoms with Crippen LogP contribution in [0.25, 0.3) is 0 Å². The number of para-hydroxylation sites is 1. The van der Waals surface area contributed by atoms with Gasteiger partial charge >= 0.3 is 0 Å². The molecule has 0 saturated carbocycles. The van der Waals surface area contributed by atoms with Gasteiger partial charge in [0, 0.05) is 22.7 Å². The molecule has 1 aromatic carbocycles. The van der Waals surface area contributed by atoms with Crippen molar-refractivity contribution in [2.75, 3.05) is 0 Å². The third kappa shape index (κ3) is 2.50. The second-order valence-corrected chi connectivity index (χ2v) is 6.24. The fourth-order valence-corrected chi connectivity index (χ4v) is 2.55. The van der Waals surface area contributed by atoms with E-state index < -0.39 is 5.82 Å². The summed E-state index contributed by atoms with van der Waals surface area (Å²) in [5, 5.41) is 0. The molecule has 2 heterocycles.